The first-order valence-corrected chi connectivity index (χ1v) is 9.25. The van der Waals surface area contributed by atoms with Crippen LogP contribution in [0.3, 0.4) is 0 Å². The molecule has 1 aliphatic rings. The minimum atomic E-state index is 0.119. The van der Waals surface area contributed by atoms with Gasteiger partial charge in [-0.1, -0.05) is 6.92 Å². The van der Waals surface area contributed by atoms with E-state index in [2.05, 4.69) is 27.8 Å². The van der Waals surface area contributed by atoms with Crippen molar-refractivity contribution < 1.29 is 4.79 Å². The van der Waals surface area contributed by atoms with Gasteiger partial charge in [-0.2, -0.15) is 5.10 Å². The maximum absolute atomic E-state index is 13.2. The molecule has 0 N–H and O–H groups in total. The molecule has 0 bridgehead atoms. The van der Waals surface area contributed by atoms with Crippen LogP contribution in [0.25, 0.3) is 0 Å². The highest BCUT2D eigenvalue weighted by Crippen LogP contribution is 2.28. The lowest BCUT2D eigenvalue weighted by Crippen LogP contribution is -2.40. The van der Waals surface area contributed by atoms with E-state index in [-0.39, 0.29) is 5.91 Å². The van der Waals surface area contributed by atoms with E-state index in [1.54, 1.807) is 0 Å². The fraction of sp³-hybridized carbons (Fsp3) is 0.632. The summed E-state index contributed by atoms with van der Waals surface area (Å²) in [6.45, 7) is 10.5. The monoisotopic (exact) mass is 343 g/mol. The number of nitrogens with zero attached hydrogens (tertiary/aromatic N) is 5. The molecule has 2 aromatic heterocycles. The van der Waals surface area contributed by atoms with Crippen molar-refractivity contribution in [3.05, 3.63) is 34.7 Å². The maximum Gasteiger partial charge on any atom is 0.257 e. The van der Waals surface area contributed by atoms with Crippen molar-refractivity contribution in [1.29, 1.82) is 0 Å². The molecule has 1 fully saturated rings. The molecule has 0 aromatic carbocycles. The van der Waals surface area contributed by atoms with E-state index < -0.39 is 0 Å². The summed E-state index contributed by atoms with van der Waals surface area (Å²) >= 11 is 0. The number of hydrogen-bond acceptors (Lipinski definition) is 3. The first-order chi connectivity index (χ1) is 11.9. The van der Waals surface area contributed by atoms with Gasteiger partial charge in [-0.25, -0.2) is 4.98 Å². The van der Waals surface area contributed by atoms with Crippen molar-refractivity contribution in [2.24, 2.45) is 7.05 Å². The molecule has 3 rings (SSSR count). The predicted molar refractivity (Wildman–Crippen MR) is 97.8 cm³/mol. The topological polar surface area (TPSA) is 56.0 Å². The highest BCUT2D eigenvalue weighted by atomic mass is 16.2. The number of imidazole rings is 1. The summed E-state index contributed by atoms with van der Waals surface area (Å²) in [7, 11) is 2.04. The molecule has 1 amide bonds. The summed E-state index contributed by atoms with van der Waals surface area (Å²) < 4.78 is 4.07. The van der Waals surface area contributed by atoms with Crippen molar-refractivity contribution >= 4 is 5.91 Å². The van der Waals surface area contributed by atoms with Crippen LogP contribution in [0.1, 0.15) is 65.4 Å². The third kappa shape index (κ3) is 3.34. The average Bonchev–Trinajstić information content (AvgIpc) is 3.06. The molecule has 1 saturated heterocycles. The predicted octanol–water partition coefficient (Wildman–Crippen LogP) is 2.97. The number of aryl methyl sites for hydroxylation is 4. The first-order valence-electron chi connectivity index (χ1n) is 9.25. The number of carbonyl (C=O) groups is 1. The van der Waals surface area contributed by atoms with Gasteiger partial charge in [-0.15, -0.1) is 0 Å². The van der Waals surface area contributed by atoms with Gasteiger partial charge in [0.2, 0.25) is 0 Å². The zero-order valence-electron chi connectivity index (χ0n) is 16.0. The Labute approximate surface area is 149 Å². The normalized spacial score (nSPS) is 18.0. The molecule has 25 heavy (non-hydrogen) atoms. The van der Waals surface area contributed by atoms with Gasteiger partial charge in [0.05, 0.1) is 17.0 Å². The van der Waals surface area contributed by atoms with Gasteiger partial charge in [-0.3, -0.25) is 9.48 Å². The summed E-state index contributed by atoms with van der Waals surface area (Å²) in [6.07, 6.45) is 5.17. The number of hydrogen-bond donors (Lipinski definition) is 0. The second-order valence-electron chi connectivity index (χ2n) is 7.21. The second-order valence-corrected chi connectivity index (χ2v) is 7.21. The highest BCUT2D eigenvalue weighted by molar-refractivity contribution is 5.96. The summed E-state index contributed by atoms with van der Waals surface area (Å²) in [6, 6.07) is 0. The standard InChI is InChI=1S/C19H29N5O/c1-6-9-24-15(4)17(14(3)21-24)19(25)23-10-7-8-16(12-23)18-20-13(2)11-22(18)5/h11,16H,6-10,12H2,1-5H3. The van der Waals surface area contributed by atoms with E-state index in [9.17, 15) is 4.79 Å². The van der Waals surface area contributed by atoms with E-state index in [4.69, 9.17) is 0 Å². The van der Waals surface area contributed by atoms with Crippen LogP contribution < -0.4 is 0 Å². The van der Waals surface area contributed by atoms with Gasteiger partial charge in [-0.05, 0) is 40.0 Å². The molecule has 3 heterocycles. The Hall–Kier alpha value is -2.11. The van der Waals surface area contributed by atoms with Gasteiger partial charge in [0, 0.05) is 44.5 Å². The Morgan fingerprint density at radius 1 is 1.32 bits per heavy atom. The number of piperidine rings is 1. The smallest absolute Gasteiger partial charge is 0.257 e. The van der Waals surface area contributed by atoms with Gasteiger partial charge >= 0.3 is 0 Å². The minimum absolute atomic E-state index is 0.119. The first kappa shape index (κ1) is 17.7. The van der Waals surface area contributed by atoms with Crippen LogP contribution in [0.4, 0.5) is 0 Å². The molecule has 1 aliphatic heterocycles. The third-order valence-electron chi connectivity index (χ3n) is 5.14. The third-order valence-corrected chi connectivity index (χ3v) is 5.14. The molecule has 1 unspecified atom stereocenters. The van der Waals surface area contributed by atoms with Crippen molar-refractivity contribution in [3.8, 4) is 0 Å². The molecule has 0 spiro atoms. The number of carbonyl (C=O) groups excluding carboxylic acids is 1. The molecule has 136 valence electrons. The Bertz CT molecular complexity index is 773. The SMILES string of the molecule is CCCn1nc(C)c(C(=O)N2CCCC(c3nc(C)cn3C)C2)c1C. The Morgan fingerprint density at radius 2 is 2.08 bits per heavy atom. The van der Waals surface area contributed by atoms with Gasteiger partial charge in [0.25, 0.3) is 5.91 Å². The summed E-state index contributed by atoms with van der Waals surface area (Å²) in [5.74, 6) is 1.51. The van der Waals surface area contributed by atoms with Crippen LogP contribution in [0.15, 0.2) is 6.20 Å². The maximum atomic E-state index is 13.2. The molecule has 1 atom stereocenters. The number of likely N-dealkylation sites (tertiary alicyclic amines) is 1. The molecular formula is C19H29N5O. The van der Waals surface area contributed by atoms with Crippen LogP contribution in [-0.2, 0) is 13.6 Å². The van der Waals surface area contributed by atoms with Crippen LogP contribution in [0.5, 0.6) is 0 Å². The lowest BCUT2D eigenvalue weighted by atomic mass is 9.96. The van der Waals surface area contributed by atoms with Crippen molar-refractivity contribution in [1.82, 2.24) is 24.2 Å². The molecule has 6 nitrogen and oxygen atoms in total. The second kappa shape index (κ2) is 7.02. The Kier molecular flexibility index (Phi) is 4.97. The zero-order valence-corrected chi connectivity index (χ0v) is 16.0. The Morgan fingerprint density at radius 3 is 2.72 bits per heavy atom. The van der Waals surface area contributed by atoms with Crippen LogP contribution in [0, 0.1) is 20.8 Å². The van der Waals surface area contributed by atoms with Gasteiger partial charge in [0.1, 0.15) is 5.82 Å². The van der Waals surface area contributed by atoms with Gasteiger partial charge < -0.3 is 9.47 Å². The largest absolute Gasteiger partial charge is 0.338 e. The minimum Gasteiger partial charge on any atom is -0.338 e. The highest BCUT2D eigenvalue weighted by Gasteiger charge is 2.30. The molecule has 2 aromatic rings. The van der Waals surface area contributed by atoms with E-state index in [0.717, 1.165) is 67.4 Å². The number of amides is 1. The number of rotatable bonds is 4. The fourth-order valence-corrected chi connectivity index (χ4v) is 3.98. The molecule has 6 heteroatoms. The van der Waals surface area contributed by atoms with Crippen molar-refractivity contribution in [2.45, 2.75) is 59.4 Å². The quantitative estimate of drug-likeness (QED) is 0.857. The lowest BCUT2D eigenvalue weighted by molar-refractivity contribution is 0.0702. The van der Waals surface area contributed by atoms with Crippen LogP contribution >= 0.6 is 0 Å². The molecule has 0 radical (unpaired) electrons. The zero-order chi connectivity index (χ0) is 18.1. The Balaban J connectivity index is 1.82. The van der Waals surface area contributed by atoms with E-state index in [1.165, 1.54) is 0 Å². The van der Waals surface area contributed by atoms with Crippen molar-refractivity contribution in [2.75, 3.05) is 13.1 Å². The van der Waals surface area contributed by atoms with Gasteiger partial charge in [0.15, 0.2) is 0 Å². The summed E-state index contributed by atoms with van der Waals surface area (Å²) in [5.41, 5.74) is 3.64. The van der Waals surface area contributed by atoms with E-state index in [0.29, 0.717) is 5.92 Å². The lowest BCUT2D eigenvalue weighted by Gasteiger charge is -2.32. The number of aromatic nitrogens is 4. The van der Waals surface area contributed by atoms with Crippen molar-refractivity contribution in [3.63, 3.8) is 0 Å². The summed E-state index contributed by atoms with van der Waals surface area (Å²) in [4.78, 5) is 19.8. The molecule has 0 aliphatic carbocycles. The summed E-state index contributed by atoms with van der Waals surface area (Å²) in [5, 5.41) is 4.56. The average molecular weight is 343 g/mol. The van der Waals surface area contributed by atoms with E-state index in [1.807, 2.05) is 37.4 Å². The molecule has 0 saturated carbocycles. The van der Waals surface area contributed by atoms with E-state index >= 15 is 0 Å². The molecular weight excluding hydrogens is 314 g/mol. The van der Waals surface area contributed by atoms with Crippen LogP contribution in [0.2, 0.25) is 0 Å². The van der Waals surface area contributed by atoms with Crippen LogP contribution in [-0.4, -0.2) is 43.2 Å². The fourth-order valence-electron chi connectivity index (χ4n) is 3.98.